The van der Waals surface area contributed by atoms with Crippen LogP contribution in [-0.4, -0.2) is 31.1 Å². The fraction of sp³-hybridized carbons (Fsp3) is 0.316. The van der Waals surface area contributed by atoms with Crippen molar-refractivity contribution < 1.29 is 19.7 Å². The number of nitro benzene ring substituents is 4. The first-order chi connectivity index (χ1) is 16.2. The maximum atomic E-state index is 11.7. The van der Waals surface area contributed by atoms with E-state index in [1.165, 1.54) is 5.01 Å². The molecule has 0 saturated heterocycles. The van der Waals surface area contributed by atoms with Gasteiger partial charge in [-0.1, -0.05) is 13.8 Å². The highest BCUT2D eigenvalue weighted by Gasteiger charge is 2.55. The number of azo groups is 1. The Kier molecular flexibility index (Phi) is 5.99. The van der Waals surface area contributed by atoms with Crippen molar-refractivity contribution in [1.82, 2.24) is 0 Å². The lowest BCUT2D eigenvalue weighted by molar-refractivity contribution is -0.394. The fourth-order valence-electron chi connectivity index (χ4n) is 3.39. The molecule has 0 aliphatic carbocycles. The van der Waals surface area contributed by atoms with Crippen molar-refractivity contribution in [2.45, 2.75) is 33.4 Å². The Labute approximate surface area is 196 Å². The van der Waals surface area contributed by atoms with Crippen LogP contribution in [0.1, 0.15) is 27.7 Å². The molecule has 0 amide bonds. The average molecular weight is 486 g/mol. The molecule has 0 N–H and O–H groups in total. The zero-order chi connectivity index (χ0) is 26.3. The Morgan fingerprint density at radius 3 is 1.83 bits per heavy atom. The number of anilines is 1. The molecule has 1 aliphatic rings. The van der Waals surface area contributed by atoms with E-state index < -0.39 is 53.5 Å². The number of hydrogen-bond acceptors (Lipinski definition) is 12. The molecule has 2 aromatic rings. The van der Waals surface area contributed by atoms with Crippen molar-refractivity contribution in [2.24, 2.45) is 20.7 Å². The van der Waals surface area contributed by atoms with Crippen LogP contribution in [0.25, 0.3) is 0 Å². The van der Waals surface area contributed by atoms with E-state index >= 15 is 0 Å². The van der Waals surface area contributed by atoms with E-state index in [4.69, 9.17) is 0 Å². The van der Waals surface area contributed by atoms with Gasteiger partial charge in [-0.2, -0.15) is 10.2 Å². The third-order valence-corrected chi connectivity index (χ3v) is 6.06. The summed E-state index contributed by atoms with van der Waals surface area (Å²) in [5, 5.41) is 59.1. The number of nitro groups is 4. The SMILES string of the molecule is CC1=NN(c2ccc([N+](=O)[O-])cc2[N+](=O)[O-])C(C)(N=Nc2ccc([N+](=O)[O-])cc2[N+](=O)[O-])C1(C)C. The lowest BCUT2D eigenvalue weighted by Gasteiger charge is -2.38. The summed E-state index contributed by atoms with van der Waals surface area (Å²) >= 11 is 0. The van der Waals surface area contributed by atoms with Gasteiger partial charge < -0.3 is 0 Å². The lowest BCUT2D eigenvalue weighted by Crippen LogP contribution is -2.49. The number of rotatable bonds is 7. The number of benzene rings is 2. The standard InChI is InChI=1S/C19H18N8O8/c1-11-18(2,3)19(4,22-20-14-7-5-12(24(28)29)9-16(14)26(32)33)23(21-11)15-8-6-13(25(30)31)10-17(15)27(34)35/h5-10H,1-4H3. The maximum Gasteiger partial charge on any atom is 0.303 e. The highest BCUT2D eigenvalue weighted by Crippen LogP contribution is 2.49. The van der Waals surface area contributed by atoms with Crippen LogP contribution >= 0.6 is 0 Å². The number of hydrogen-bond donors (Lipinski definition) is 0. The van der Waals surface area contributed by atoms with Crippen molar-refractivity contribution in [1.29, 1.82) is 0 Å². The van der Waals surface area contributed by atoms with Crippen LogP contribution in [0.2, 0.25) is 0 Å². The van der Waals surface area contributed by atoms with Crippen LogP contribution in [0.3, 0.4) is 0 Å². The number of nitrogens with zero attached hydrogens (tertiary/aromatic N) is 8. The van der Waals surface area contributed by atoms with Crippen LogP contribution < -0.4 is 5.01 Å². The molecule has 16 heteroatoms. The molecule has 1 unspecified atom stereocenters. The molecular formula is C19H18N8O8. The van der Waals surface area contributed by atoms with E-state index in [-0.39, 0.29) is 11.4 Å². The third kappa shape index (κ3) is 4.11. The second kappa shape index (κ2) is 8.47. The molecule has 0 aromatic heterocycles. The van der Waals surface area contributed by atoms with E-state index in [1.807, 2.05) is 0 Å². The highest BCUT2D eigenvalue weighted by molar-refractivity contribution is 5.93. The van der Waals surface area contributed by atoms with Crippen molar-refractivity contribution in [3.63, 3.8) is 0 Å². The topological polar surface area (TPSA) is 213 Å². The maximum absolute atomic E-state index is 11.7. The minimum absolute atomic E-state index is 0.106. The predicted octanol–water partition coefficient (Wildman–Crippen LogP) is 5.04. The minimum Gasteiger partial charge on any atom is -0.258 e. The van der Waals surface area contributed by atoms with E-state index in [1.54, 1.807) is 27.7 Å². The van der Waals surface area contributed by atoms with Gasteiger partial charge >= 0.3 is 11.4 Å². The van der Waals surface area contributed by atoms with E-state index in [0.29, 0.717) is 5.71 Å². The predicted molar refractivity (Wildman–Crippen MR) is 122 cm³/mol. The van der Waals surface area contributed by atoms with Gasteiger partial charge in [0.25, 0.3) is 11.4 Å². The molecule has 0 saturated carbocycles. The molecule has 16 nitrogen and oxygen atoms in total. The molecule has 0 bridgehead atoms. The van der Waals surface area contributed by atoms with Gasteiger partial charge in [-0.05, 0) is 26.0 Å². The van der Waals surface area contributed by atoms with Crippen molar-refractivity contribution >= 4 is 39.8 Å². The zero-order valence-electron chi connectivity index (χ0n) is 18.8. The van der Waals surface area contributed by atoms with E-state index in [9.17, 15) is 40.5 Å². The second-order valence-corrected chi connectivity index (χ2v) is 8.22. The Balaban J connectivity index is 2.18. The van der Waals surface area contributed by atoms with Crippen LogP contribution in [0.4, 0.5) is 34.1 Å². The summed E-state index contributed by atoms with van der Waals surface area (Å²) in [5.41, 5.74) is -4.55. The molecule has 0 radical (unpaired) electrons. The van der Waals surface area contributed by atoms with Gasteiger partial charge in [0.15, 0.2) is 11.4 Å². The average Bonchev–Trinajstić information content (AvgIpc) is 2.96. The molecule has 182 valence electrons. The van der Waals surface area contributed by atoms with Gasteiger partial charge in [0.05, 0.1) is 37.2 Å². The Morgan fingerprint density at radius 1 is 0.800 bits per heavy atom. The van der Waals surface area contributed by atoms with Crippen molar-refractivity contribution in [3.8, 4) is 0 Å². The van der Waals surface area contributed by atoms with Crippen LogP contribution in [0.15, 0.2) is 51.7 Å². The van der Waals surface area contributed by atoms with Crippen molar-refractivity contribution in [3.05, 3.63) is 76.9 Å². The first kappa shape index (κ1) is 24.7. The summed E-state index contributed by atoms with van der Waals surface area (Å²) in [7, 11) is 0. The number of non-ortho nitro benzene ring substituents is 2. The molecule has 35 heavy (non-hydrogen) atoms. The van der Waals surface area contributed by atoms with E-state index in [2.05, 4.69) is 15.3 Å². The van der Waals surface area contributed by atoms with Crippen LogP contribution in [0, 0.1) is 45.9 Å². The third-order valence-electron chi connectivity index (χ3n) is 6.06. The summed E-state index contributed by atoms with van der Waals surface area (Å²) < 4.78 is 0. The summed E-state index contributed by atoms with van der Waals surface area (Å²) in [5.74, 6) is 0. The lowest BCUT2D eigenvalue weighted by atomic mass is 9.77. The molecule has 0 spiro atoms. The highest BCUT2D eigenvalue weighted by atomic mass is 16.6. The Morgan fingerprint density at radius 2 is 1.31 bits per heavy atom. The van der Waals surface area contributed by atoms with Gasteiger partial charge in [0.1, 0.15) is 5.69 Å². The summed E-state index contributed by atoms with van der Waals surface area (Å²) in [6.45, 7) is 6.65. The van der Waals surface area contributed by atoms with Gasteiger partial charge in [-0.15, -0.1) is 5.11 Å². The normalized spacial score (nSPS) is 19.0. The molecule has 1 aliphatic heterocycles. The zero-order valence-corrected chi connectivity index (χ0v) is 18.8. The molecule has 2 aromatic carbocycles. The monoisotopic (exact) mass is 486 g/mol. The van der Waals surface area contributed by atoms with Gasteiger partial charge in [-0.25, -0.2) is 5.01 Å². The summed E-state index contributed by atoms with van der Waals surface area (Å²) in [6.07, 6.45) is 0. The smallest absolute Gasteiger partial charge is 0.258 e. The molecular weight excluding hydrogens is 468 g/mol. The first-order valence-corrected chi connectivity index (χ1v) is 9.85. The van der Waals surface area contributed by atoms with Gasteiger partial charge in [0, 0.05) is 17.8 Å². The van der Waals surface area contributed by atoms with Crippen LogP contribution in [-0.2, 0) is 0 Å². The quantitative estimate of drug-likeness (QED) is 0.290. The largest absolute Gasteiger partial charge is 0.303 e. The molecule has 1 heterocycles. The molecule has 0 fully saturated rings. The molecule has 3 rings (SSSR count). The van der Waals surface area contributed by atoms with Gasteiger partial charge in [-0.3, -0.25) is 40.5 Å². The Bertz CT molecular complexity index is 1340. The van der Waals surface area contributed by atoms with Gasteiger partial charge in [0.2, 0.25) is 0 Å². The number of hydrazone groups is 1. The second-order valence-electron chi connectivity index (χ2n) is 8.22. The van der Waals surface area contributed by atoms with Crippen molar-refractivity contribution in [2.75, 3.05) is 5.01 Å². The van der Waals surface area contributed by atoms with E-state index in [0.717, 1.165) is 36.4 Å². The van der Waals surface area contributed by atoms with Crippen LogP contribution in [0.5, 0.6) is 0 Å². The Hall–Kier alpha value is -4.89. The first-order valence-electron chi connectivity index (χ1n) is 9.85. The summed E-state index contributed by atoms with van der Waals surface area (Å²) in [6, 6.07) is 5.89. The summed E-state index contributed by atoms with van der Waals surface area (Å²) in [4.78, 5) is 42.1. The molecule has 1 atom stereocenters. The minimum atomic E-state index is -1.48. The fourth-order valence-corrected chi connectivity index (χ4v) is 3.39.